The molecule has 0 unspecified atom stereocenters. The third-order valence-corrected chi connectivity index (χ3v) is 3.70. The molecule has 0 aliphatic carbocycles. The lowest BCUT2D eigenvalue weighted by Crippen LogP contribution is -2.01. The first-order chi connectivity index (χ1) is 12.4. The Labute approximate surface area is 157 Å². The molecule has 0 aliphatic rings. The lowest BCUT2D eigenvalue weighted by atomic mass is 10.2. The zero-order valence-electron chi connectivity index (χ0n) is 13.7. The standard InChI is InChI=1S/C16H15BrN4O5/c1-2-7-26-16-6-3-12(17)8-11(16)10-18-19-14-5-4-13(20(22)23)9-15(14)21(24)25/h3-6,8-10,19H,2,7H2,1H3/b18-10+. The van der Waals surface area contributed by atoms with Crippen molar-refractivity contribution in [1.82, 2.24) is 0 Å². The molecule has 2 rings (SSSR count). The maximum atomic E-state index is 11.1. The van der Waals surface area contributed by atoms with Crippen molar-refractivity contribution in [2.24, 2.45) is 5.10 Å². The van der Waals surface area contributed by atoms with Crippen molar-refractivity contribution >= 4 is 39.2 Å². The van der Waals surface area contributed by atoms with E-state index in [2.05, 4.69) is 26.5 Å². The number of hydrogen-bond acceptors (Lipinski definition) is 7. The van der Waals surface area contributed by atoms with Crippen LogP contribution in [0.1, 0.15) is 18.9 Å². The summed E-state index contributed by atoms with van der Waals surface area (Å²) < 4.78 is 6.45. The summed E-state index contributed by atoms with van der Waals surface area (Å²) in [6.45, 7) is 2.53. The number of nitrogens with one attached hydrogen (secondary N) is 1. The van der Waals surface area contributed by atoms with Gasteiger partial charge in [-0.3, -0.25) is 25.7 Å². The van der Waals surface area contributed by atoms with E-state index in [4.69, 9.17) is 4.74 Å². The van der Waals surface area contributed by atoms with Crippen LogP contribution in [0.3, 0.4) is 0 Å². The molecule has 0 aliphatic heterocycles. The second kappa shape index (κ2) is 8.90. The van der Waals surface area contributed by atoms with Crippen molar-refractivity contribution in [1.29, 1.82) is 0 Å². The Morgan fingerprint density at radius 3 is 2.62 bits per heavy atom. The van der Waals surface area contributed by atoms with Crippen LogP contribution in [0.4, 0.5) is 17.1 Å². The molecule has 0 aromatic heterocycles. The zero-order valence-corrected chi connectivity index (χ0v) is 15.3. The summed E-state index contributed by atoms with van der Waals surface area (Å²) in [5, 5.41) is 25.9. The van der Waals surface area contributed by atoms with Crippen molar-refractivity contribution in [3.8, 4) is 5.75 Å². The lowest BCUT2D eigenvalue weighted by molar-refractivity contribution is -0.393. The summed E-state index contributed by atoms with van der Waals surface area (Å²) in [6.07, 6.45) is 2.31. The van der Waals surface area contributed by atoms with Crippen LogP contribution in [-0.2, 0) is 0 Å². The van der Waals surface area contributed by atoms with Gasteiger partial charge in [-0.2, -0.15) is 5.10 Å². The number of hydrazone groups is 1. The summed E-state index contributed by atoms with van der Waals surface area (Å²) in [5.41, 5.74) is 2.46. The third kappa shape index (κ3) is 4.99. The van der Waals surface area contributed by atoms with Crippen LogP contribution in [0.2, 0.25) is 0 Å². The number of ether oxygens (including phenoxy) is 1. The van der Waals surface area contributed by atoms with Crippen LogP contribution < -0.4 is 10.2 Å². The van der Waals surface area contributed by atoms with Gasteiger partial charge in [-0.25, -0.2) is 0 Å². The molecule has 10 heteroatoms. The van der Waals surface area contributed by atoms with Crippen LogP contribution in [0.25, 0.3) is 0 Å². The van der Waals surface area contributed by atoms with Gasteiger partial charge in [-0.15, -0.1) is 0 Å². The molecule has 9 nitrogen and oxygen atoms in total. The van der Waals surface area contributed by atoms with Gasteiger partial charge in [-0.1, -0.05) is 22.9 Å². The van der Waals surface area contributed by atoms with Gasteiger partial charge in [0.15, 0.2) is 0 Å². The Hall–Kier alpha value is -3.01. The monoisotopic (exact) mass is 422 g/mol. The number of halogens is 1. The summed E-state index contributed by atoms with van der Waals surface area (Å²) >= 11 is 3.36. The number of benzene rings is 2. The van der Waals surface area contributed by atoms with E-state index in [1.165, 1.54) is 18.3 Å². The van der Waals surface area contributed by atoms with Gasteiger partial charge in [-0.05, 0) is 30.7 Å². The molecule has 0 fully saturated rings. The first kappa shape index (κ1) is 19.3. The van der Waals surface area contributed by atoms with E-state index in [0.29, 0.717) is 17.9 Å². The fraction of sp³-hybridized carbons (Fsp3) is 0.188. The minimum Gasteiger partial charge on any atom is -0.493 e. The Kier molecular flexibility index (Phi) is 6.61. The van der Waals surface area contributed by atoms with Crippen LogP contribution in [0, 0.1) is 20.2 Å². The largest absolute Gasteiger partial charge is 0.493 e. The van der Waals surface area contributed by atoms with Crippen LogP contribution in [-0.4, -0.2) is 22.7 Å². The van der Waals surface area contributed by atoms with Crippen molar-refractivity contribution in [2.45, 2.75) is 13.3 Å². The SMILES string of the molecule is CCCOc1ccc(Br)cc1/C=N/Nc1ccc([N+](=O)[O-])cc1[N+](=O)[O-]. The predicted molar refractivity (Wildman–Crippen MR) is 101 cm³/mol. The van der Waals surface area contributed by atoms with Gasteiger partial charge in [0, 0.05) is 16.1 Å². The number of nitro groups is 2. The van der Waals surface area contributed by atoms with E-state index in [1.54, 1.807) is 12.1 Å². The van der Waals surface area contributed by atoms with E-state index in [-0.39, 0.29) is 11.4 Å². The summed E-state index contributed by atoms with van der Waals surface area (Å²) in [5.74, 6) is 0.624. The molecule has 2 aromatic carbocycles. The zero-order chi connectivity index (χ0) is 19.1. The Bertz CT molecular complexity index is 857. The topological polar surface area (TPSA) is 120 Å². The quantitative estimate of drug-likeness (QED) is 0.379. The number of nitro benzene ring substituents is 2. The van der Waals surface area contributed by atoms with Gasteiger partial charge < -0.3 is 4.74 Å². The van der Waals surface area contributed by atoms with Crippen LogP contribution >= 0.6 is 15.9 Å². The second-order valence-electron chi connectivity index (χ2n) is 5.12. The van der Waals surface area contributed by atoms with E-state index in [1.807, 2.05) is 13.0 Å². The van der Waals surface area contributed by atoms with Gasteiger partial charge in [0.2, 0.25) is 0 Å². The fourth-order valence-electron chi connectivity index (χ4n) is 2.01. The predicted octanol–water partition coefficient (Wildman–Crippen LogP) is 4.50. The molecule has 0 atom stereocenters. The average molecular weight is 423 g/mol. The number of rotatable bonds is 8. The van der Waals surface area contributed by atoms with Gasteiger partial charge in [0.25, 0.3) is 5.69 Å². The lowest BCUT2D eigenvalue weighted by Gasteiger charge is -2.08. The molecule has 1 N–H and O–H groups in total. The molecule has 0 spiro atoms. The Balaban J connectivity index is 2.24. The number of nitrogens with zero attached hydrogens (tertiary/aromatic N) is 3. The second-order valence-corrected chi connectivity index (χ2v) is 6.03. The average Bonchev–Trinajstić information content (AvgIpc) is 2.61. The normalized spacial score (nSPS) is 10.7. The van der Waals surface area contributed by atoms with E-state index < -0.39 is 15.5 Å². The van der Waals surface area contributed by atoms with E-state index >= 15 is 0 Å². The van der Waals surface area contributed by atoms with Crippen LogP contribution in [0.5, 0.6) is 5.75 Å². The van der Waals surface area contributed by atoms with Crippen molar-refractivity contribution in [2.75, 3.05) is 12.0 Å². The molecule has 0 saturated heterocycles. The Morgan fingerprint density at radius 1 is 1.19 bits per heavy atom. The highest BCUT2D eigenvalue weighted by Crippen LogP contribution is 2.29. The molecule has 0 amide bonds. The third-order valence-electron chi connectivity index (χ3n) is 3.21. The molecular weight excluding hydrogens is 408 g/mol. The molecule has 26 heavy (non-hydrogen) atoms. The van der Waals surface area contributed by atoms with Crippen molar-refractivity contribution in [3.63, 3.8) is 0 Å². The van der Waals surface area contributed by atoms with Crippen molar-refractivity contribution < 1.29 is 14.6 Å². The summed E-state index contributed by atoms with van der Waals surface area (Å²) in [4.78, 5) is 20.5. The molecule has 0 radical (unpaired) electrons. The highest BCUT2D eigenvalue weighted by atomic mass is 79.9. The maximum absolute atomic E-state index is 11.1. The number of anilines is 1. The van der Waals surface area contributed by atoms with Gasteiger partial charge in [0.1, 0.15) is 11.4 Å². The van der Waals surface area contributed by atoms with Crippen LogP contribution in [0.15, 0.2) is 46.0 Å². The molecular formula is C16H15BrN4O5. The molecule has 2 aromatic rings. The highest BCUT2D eigenvalue weighted by Gasteiger charge is 2.19. The van der Waals surface area contributed by atoms with E-state index in [9.17, 15) is 20.2 Å². The summed E-state index contributed by atoms with van der Waals surface area (Å²) in [7, 11) is 0. The van der Waals surface area contributed by atoms with Gasteiger partial charge >= 0.3 is 5.69 Å². The molecule has 136 valence electrons. The Morgan fingerprint density at radius 2 is 1.96 bits per heavy atom. The van der Waals surface area contributed by atoms with E-state index in [0.717, 1.165) is 17.0 Å². The first-order valence-electron chi connectivity index (χ1n) is 7.56. The number of non-ortho nitro benzene ring substituents is 1. The van der Waals surface area contributed by atoms with Gasteiger partial charge in [0.05, 0.1) is 28.7 Å². The number of hydrogen-bond donors (Lipinski definition) is 1. The molecule has 0 saturated carbocycles. The smallest absolute Gasteiger partial charge is 0.301 e. The first-order valence-corrected chi connectivity index (χ1v) is 8.36. The minimum atomic E-state index is -0.709. The molecule has 0 heterocycles. The maximum Gasteiger partial charge on any atom is 0.301 e. The van der Waals surface area contributed by atoms with Crippen molar-refractivity contribution in [3.05, 3.63) is 66.7 Å². The highest BCUT2D eigenvalue weighted by molar-refractivity contribution is 9.10. The fourth-order valence-corrected chi connectivity index (χ4v) is 2.39. The molecule has 0 bridgehead atoms. The summed E-state index contributed by atoms with van der Waals surface area (Å²) in [6, 6.07) is 8.70. The minimum absolute atomic E-state index is 0.0443.